The molecule has 0 spiro atoms. The van der Waals surface area contributed by atoms with Gasteiger partial charge in [0.05, 0.1) is 12.8 Å². The maximum absolute atomic E-state index is 12.9. The average molecular weight is 323 g/mol. The number of carbonyl (C=O) groups is 1. The Hall–Kier alpha value is -3.15. The highest BCUT2D eigenvalue weighted by molar-refractivity contribution is 6.04. The summed E-state index contributed by atoms with van der Waals surface area (Å²) in [5.74, 6) is 0.361. The summed E-state index contributed by atoms with van der Waals surface area (Å²) in [6, 6.07) is 14.0. The van der Waals surface area contributed by atoms with Crippen LogP contribution in [0, 0.1) is 6.92 Å². The summed E-state index contributed by atoms with van der Waals surface area (Å²) >= 11 is 0. The molecule has 0 aliphatic carbocycles. The second-order valence-corrected chi connectivity index (χ2v) is 5.49. The van der Waals surface area contributed by atoms with Gasteiger partial charge in [-0.05, 0) is 37.3 Å². The van der Waals surface area contributed by atoms with Crippen LogP contribution in [-0.2, 0) is 13.6 Å². The summed E-state index contributed by atoms with van der Waals surface area (Å²) in [6.45, 7) is 2.26. The maximum Gasteiger partial charge on any atom is 0.279 e. The van der Waals surface area contributed by atoms with Gasteiger partial charge >= 0.3 is 0 Å². The summed E-state index contributed by atoms with van der Waals surface area (Å²) in [4.78, 5) is 26.0. The zero-order chi connectivity index (χ0) is 17.1. The molecule has 0 aliphatic rings. The maximum atomic E-state index is 12.9. The lowest BCUT2D eigenvalue weighted by atomic mass is 10.2. The minimum atomic E-state index is -0.300. The van der Waals surface area contributed by atoms with Crippen LogP contribution in [0.4, 0.5) is 5.69 Å². The molecule has 6 nitrogen and oxygen atoms in total. The SMILES string of the molecule is Cc1ccc(N(Cc2ccco2)C(=O)c2ccc(=O)n(C)n2)cc1. The zero-order valence-electron chi connectivity index (χ0n) is 13.5. The molecule has 0 radical (unpaired) electrons. The lowest BCUT2D eigenvalue weighted by Gasteiger charge is -2.21. The summed E-state index contributed by atoms with van der Waals surface area (Å²) in [5, 5.41) is 4.05. The molecule has 2 heterocycles. The third-order valence-electron chi connectivity index (χ3n) is 3.66. The van der Waals surface area contributed by atoms with Gasteiger partial charge in [0.2, 0.25) is 0 Å². The van der Waals surface area contributed by atoms with Gasteiger partial charge in [0.25, 0.3) is 11.5 Å². The number of carbonyl (C=O) groups excluding carboxylic acids is 1. The molecule has 1 amide bonds. The monoisotopic (exact) mass is 323 g/mol. The van der Waals surface area contributed by atoms with Crippen molar-refractivity contribution in [3.8, 4) is 0 Å². The van der Waals surface area contributed by atoms with Crippen molar-refractivity contribution in [1.29, 1.82) is 0 Å². The molecule has 0 N–H and O–H groups in total. The van der Waals surface area contributed by atoms with Crippen LogP contribution in [0.25, 0.3) is 0 Å². The first-order chi connectivity index (χ1) is 11.5. The molecule has 122 valence electrons. The molecule has 0 atom stereocenters. The van der Waals surface area contributed by atoms with Crippen molar-refractivity contribution in [2.45, 2.75) is 13.5 Å². The minimum absolute atomic E-state index is 0.198. The highest BCUT2D eigenvalue weighted by atomic mass is 16.3. The molecule has 1 aromatic carbocycles. The van der Waals surface area contributed by atoms with Crippen LogP contribution in [0.2, 0.25) is 0 Å². The van der Waals surface area contributed by atoms with Crippen molar-refractivity contribution < 1.29 is 9.21 Å². The summed E-state index contributed by atoms with van der Waals surface area (Å²) in [6.07, 6.45) is 1.57. The van der Waals surface area contributed by atoms with E-state index >= 15 is 0 Å². The van der Waals surface area contributed by atoms with Crippen LogP contribution in [-0.4, -0.2) is 15.7 Å². The van der Waals surface area contributed by atoms with E-state index in [-0.39, 0.29) is 23.7 Å². The van der Waals surface area contributed by atoms with E-state index < -0.39 is 0 Å². The first kappa shape index (κ1) is 15.7. The number of anilines is 1. The van der Waals surface area contributed by atoms with E-state index in [0.29, 0.717) is 5.76 Å². The van der Waals surface area contributed by atoms with Crippen molar-refractivity contribution >= 4 is 11.6 Å². The highest BCUT2D eigenvalue weighted by Gasteiger charge is 2.21. The van der Waals surface area contributed by atoms with Gasteiger partial charge < -0.3 is 4.42 Å². The smallest absolute Gasteiger partial charge is 0.279 e. The predicted octanol–water partition coefficient (Wildman–Crippen LogP) is 2.53. The number of benzene rings is 1. The van der Waals surface area contributed by atoms with Crippen molar-refractivity contribution in [2.75, 3.05) is 4.90 Å². The molecule has 2 aromatic heterocycles. The molecule has 0 aliphatic heterocycles. The average Bonchev–Trinajstić information content (AvgIpc) is 3.09. The normalized spacial score (nSPS) is 10.6. The first-order valence-electron chi connectivity index (χ1n) is 7.50. The van der Waals surface area contributed by atoms with Crippen molar-refractivity contribution in [1.82, 2.24) is 9.78 Å². The van der Waals surface area contributed by atoms with Crippen LogP contribution in [0.1, 0.15) is 21.8 Å². The number of aromatic nitrogens is 2. The molecule has 24 heavy (non-hydrogen) atoms. The molecule has 0 saturated carbocycles. The van der Waals surface area contributed by atoms with Crippen molar-refractivity contribution in [3.05, 3.63) is 82.2 Å². The van der Waals surface area contributed by atoms with Gasteiger partial charge in [-0.25, -0.2) is 4.68 Å². The van der Waals surface area contributed by atoms with Gasteiger partial charge in [0.15, 0.2) is 0 Å². The van der Waals surface area contributed by atoms with E-state index in [1.54, 1.807) is 17.2 Å². The lowest BCUT2D eigenvalue weighted by Crippen LogP contribution is -2.33. The van der Waals surface area contributed by atoms with Crippen molar-refractivity contribution in [2.24, 2.45) is 7.05 Å². The fourth-order valence-corrected chi connectivity index (χ4v) is 2.32. The van der Waals surface area contributed by atoms with E-state index in [1.165, 1.54) is 19.2 Å². The quantitative estimate of drug-likeness (QED) is 0.740. The van der Waals surface area contributed by atoms with Crippen LogP contribution in [0.15, 0.2) is 64.0 Å². The Kier molecular flexibility index (Phi) is 4.29. The van der Waals surface area contributed by atoms with Gasteiger partial charge in [0, 0.05) is 18.8 Å². The number of nitrogens with zero attached hydrogens (tertiary/aromatic N) is 3. The molecule has 0 unspecified atom stereocenters. The number of rotatable bonds is 4. The van der Waals surface area contributed by atoms with E-state index in [9.17, 15) is 9.59 Å². The fourth-order valence-electron chi connectivity index (χ4n) is 2.32. The Labute approximate surface area is 139 Å². The third-order valence-corrected chi connectivity index (χ3v) is 3.66. The number of amides is 1. The number of furan rings is 1. The van der Waals surface area contributed by atoms with Crippen LogP contribution < -0.4 is 10.5 Å². The molecule has 0 fully saturated rings. The summed E-state index contributed by atoms with van der Waals surface area (Å²) < 4.78 is 6.51. The van der Waals surface area contributed by atoms with Gasteiger partial charge in [0.1, 0.15) is 11.5 Å². The van der Waals surface area contributed by atoms with Gasteiger partial charge in [-0.15, -0.1) is 0 Å². The van der Waals surface area contributed by atoms with Crippen LogP contribution in [0.5, 0.6) is 0 Å². The Morgan fingerprint density at radius 1 is 1.17 bits per heavy atom. The van der Waals surface area contributed by atoms with Crippen LogP contribution >= 0.6 is 0 Å². The van der Waals surface area contributed by atoms with Crippen LogP contribution in [0.3, 0.4) is 0 Å². The van der Waals surface area contributed by atoms with E-state index in [0.717, 1.165) is 15.9 Å². The third kappa shape index (κ3) is 3.27. The topological polar surface area (TPSA) is 68.3 Å². The summed E-state index contributed by atoms with van der Waals surface area (Å²) in [5.41, 5.74) is 1.77. The largest absolute Gasteiger partial charge is 0.467 e. The van der Waals surface area contributed by atoms with E-state index in [1.807, 2.05) is 37.3 Å². The van der Waals surface area contributed by atoms with Gasteiger partial charge in [-0.3, -0.25) is 14.5 Å². The van der Waals surface area contributed by atoms with Gasteiger partial charge in [-0.2, -0.15) is 5.10 Å². The molecule has 3 rings (SSSR count). The molecule has 3 aromatic rings. The molecular weight excluding hydrogens is 306 g/mol. The fraction of sp³-hybridized carbons (Fsp3) is 0.167. The Balaban J connectivity index is 1.99. The Morgan fingerprint density at radius 3 is 2.54 bits per heavy atom. The minimum Gasteiger partial charge on any atom is -0.467 e. The molecular formula is C18H17N3O3. The van der Waals surface area contributed by atoms with E-state index in [2.05, 4.69) is 5.10 Å². The predicted molar refractivity (Wildman–Crippen MR) is 89.9 cm³/mol. The second kappa shape index (κ2) is 6.54. The summed E-state index contributed by atoms with van der Waals surface area (Å²) in [7, 11) is 1.52. The molecule has 0 saturated heterocycles. The van der Waals surface area contributed by atoms with E-state index in [4.69, 9.17) is 4.42 Å². The lowest BCUT2D eigenvalue weighted by molar-refractivity contribution is 0.0976. The van der Waals surface area contributed by atoms with Gasteiger partial charge in [-0.1, -0.05) is 17.7 Å². The number of aryl methyl sites for hydroxylation is 2. The van der Waals surface area contributed by atoms with Crippen molar-refractivity contribution in [3.63, 3.8) is 0 Å². The number of hydrogen-bond acceptors (Lipinski definition) is 4. The Bertz CT molecular complexity index is 896. The zero-order valence-corrected chi connectivity index (χ0v) is 13.5. The molecule has 6 heteroatoms. The standard InChI is InChI=1S/C18H17N3O3/c1-13-5-7-14(8-6-13)21(12-15-4-3-11-24-15)18(23)16-9-10-17(22)20(2)19-16/h3-11H,12H2,1-2H3. The highest BCUT2D eigenvalue weighted by Crippen LogP contribution is 2.20. The number of hydrogen-bond donors (Lipinski definition) is 0. The first-order valence-corrected chi connectivity index (χ1v) is 7.50. The Morgan fingerprint density at radius 2 is 1.92 bits per heavy atom. The molecule has 0 bridgehead atoms. The second-order valence-electron chi connectivity index (χ2n) is 5.49.